The predicted octanol–water partition coefficient (Wildman–Crippen LogP) is 3.85. The number of nitrogens with zero attached hydrogens (tertiary/aromatic N) is 1. The summed E-state index contributed by atoms with van der Waals surface area (Å²) in [6.07, 6.45) is 9.57. The van der Waals surface area contributed by atoms with Gasteiger partial charge in [0.15, 0.2) is 5.96 Å². The first-order valence-electron chi connectivity index (χ1n) is 10.4. The van der Waals surface area contributed by atoms with E-state index >= 15 is 0 Å². The number of aliphatic imine (C=N–C) groups is 1. The number of hydrogen-bond donors (Lipinski definition) is 2. The van der Waals surface area contributed by atoms with Gasteiger partial charge in [-0.15, -0.1) is 24.0 Å². The first-order chi connectivity index (χ1) is 12.8. The van der Waals surface area contributed by atoms with Gasteiger partial charge in [-0.2, -0.15) is 0 Å². The third kappa shape index (κ3) is 3.00. The van der Waals surface area contributed by atoms with Crippen LogP contribution in [0.4, 0.5) is 0 Å². The Morgan fingerprint density at radius 3 is 2.48 bits per heavy atom. The fraction of sp³-hybridized carbons (Fsp3) is 0.682. The monoisotopic (exact) mass is 481 g/mol. The molecule has 1 aromatic rings. The van der Waals surface area contributed by atoms with Crippen molar-refractivity contribution in [3.05, 3.63) is 35.9 Å². The van der Waals surface area contributed by atoms with Gasteiger partial charge in [-0.05, 0) is 37.7 Å². The molecule has 1 saturated heterocycles. The van der Waals surface area contributed by atoms with Crippen LogP contribution in [0, 0.1) is 11.3 Å². The van der Waals surface area contributed by atoms with E-state index in [2.05, 4.69) is 46.0 Å². The van der Waals surface area contributed by atoms with Crippen LogP contribution in [-0.2, 0) is 10.2 Å². The van der Waals surface area contributed by atoms with E-state index in [1.54, 1.807) is 0 Å². The molecular formula is C22H32IN3O. The molecule has 4 nitrogen and oxygen atoms in total. The van der Waals surface area contributed by atoms with Crippen molar-refractivity contribution in [1.82, 2.24) is 10.6 Å². The fourth-order valence-corrected chi connectivity index (χ4v) is 6.01. The van der Waals surface area contributed by atoms with Crippen molar-refractivity contribution in [2.75, 3.05) is 20.2 Å². The van der Waals surface area contributed by atoms with E-state index in [1.165, 1.54) is 50.5 Å². The topological polar surface area (TPSA) is 45.7 Å². The summed E-state index contributed by atoms with van der Waals surface area (Å²) in [5, 5.41) is 7.47. The zero-order chi connectivity index (χ0) is 17.6. The summed E-state index contributed by atoms with van der Waals surface area (Å²) in [5.41, 5.74) is 2.15. The Hall–Kier alpha value is -0.820. The number of benzene rings is 1. The number of nitrogens with one attached hydrogen (secondary N) is 2. The van der Waals surface area contributed by atoms with Gasteiger partial charge in [0.2, 0.25) is 0 Å². The minimum Gasteiger partial charge on any atom is -0.377 e. The molecular weight excluding hydrogens is 449 g/mol. The highest BCUT2D eigenvalue weighted by Gasteiger charge is 2.66. The first-order valence-corrected chi connectivity index (χ1v) is 10.4. The van der Waals surface area contributed by atoms with Gasteiger partial charge in [0, 0.05) is 43.0 Å². The molecule has 0 radical (unpaired) electrons. The van der Waals surface area contributed by atoms with Gasteiger partial charge in [0.25, 0.3) is 0 Å². The molecule has 0 aromatic heterocycles. The maximum Gasteiger partial charge on any atom is 0.191 e. The largest absolute Gasteiger partial charge is 0.377 e. The molecule has 1 aromatic carbocycles. The number of halogens is 1. The lowest BCUT2D eigenvalue weighted by molar-refractivity contribution is -0.171. The van der Waals surface area contributed by atoms with Gasteiger partial charge >= 0.3 is 0 Å². The van der Waals surface area contributed by atoms with E-state index in [9.17, 15) is 0 Å². The zero-order valence-electron chi connectivity index (χ0n) is 16.2. The van der Waals surface area contributed by atoms with Crippen molar-refractivity contribution in [2.45, 2.75) is 62.5 Å². The summed E-state index contributed by atoms with van der Waals surface area (Å²) in [7, 11) is 1.90. The molecule has 5 rings (SSSR count). The molecule has 1 spiro atoms. The van der Waals surface area contributed by atoms with Crippen LogP contribution in [0.5, 0.6) is 0 Å². The lowest BCUT2D eigenvalue weighted by Gasteiger charge is -2.63. The Kier molecular flexibility index (Phi) is 5.45. The minimum atomic E-state index is 0. The average molecular weight is 481 g/mol. The number of rotatable bonds is 4. The SMILES string of the molecule is CN=C(NCC1(c2ccccc2)CCC1)NC1C2CCOC2C12CCC2.I. The highest BCUT2D eigenvalue weighted by atomic mass is 127. The molecule has 3 atom stereocenters. The van der Waals surface area contributed by atoms with Crippen LogP contribution >= 0.6 is 24.0 Å². The van der Waals surface area contributed by atoms with Gasteiger partial charge in [-0.25, -0.2) is 0 Å². The molecule has 2 N–H and O–H groups in total. The molecule has 0 bridgehead atoms. The van der Waals surface area contributed by atoms with Gasteiger partial charge in [-0.1, -0.05) is 43.2 Å². The van der Waals surface area contributed by atoms with Crippen molar-refractivity contribution in [3.8, 4) is 0 Å². The molecule has 148 valence electrons. The molecule has 4 fully saturated rings. The van der Waals surface area contributed by atoms with Crippen LogP contribution in [0.3, 0.4) is 0 Å². The maximum absolute atomic E-state index is 6.05. The third-order valence-electron chi connectivity index (χ3n) is 7.84. The first kappa shape index (κ1) is 19.5. The number of guanidine groups is 1. The van der Waals surface area contributed by atoms with Crippen LogP contribution in [0.2, 0.25) is 0 Å². The summed E-state index contributed by atoms with van der Waals surface area (Å²) in [4.78, 5) is 4.56. The van der Waals surface area contributed by atoms with Crippen molar-refractivity contribution in [3.63, 3.8) is 0 Å². The fourth-order valence-electron chi connectivity index (χ4n) is 6.01. The lowest BCUT2D eigenvalue weighted by atomic mass is 9.46. The predicted molar refractivity (Wildman–Crippen MR) is 120 cm³/mol. The van der Waals surface area contributed by atoms with Crippen LogP contribution in [0.15, 0.2) is 35.3 Å². The molecule has 3 unspecified atom stereocenters. The Balaban J connectivity index is 0.00000180. The van der Waals surface area contributed by atoms with Crippen molar-refractivity contribution >= 4 is 29.9 Å². The number of ether oxygens (including phenoxy) is 1. The second-order valence-electron chi connectivity index (χ2n) is 8.88. The smallest absolute Gasteiger partial charge is 0.191 e. The lowest BCUT2D eigenvalue weighted by Crippen LogP contribution is -2.72. The number of fused-ring (bicyclic) bond motifs is 2. The highest BCUT2D eigenvalue weighted by Crippen LogP contribution is 2.62. The summed E-state index contributed by atoms with van der Waals surface area (Å²) >= 11 is 0. The second-order valence-corrected chi connectivity index (χ2v) is 8.88. The van der Waals surface area contributed by atoms with Crippen molar-refractivity contribution in [1.29, 1.82) is 0 Å². The van der Waals surface area contributed by atoms with Crippen molar-refractivity contribution in [2.24, 2.45) is 16.3 Å². The van der Waals surface area contributed by atoms with E-state index in [4.69, 9.17) is 4.74 Å². The standard InChI is InChI=1S/C22H31N3O.HI/c1-23-20(24-15-21(10-5-11-21)16-7-3-2-4-8-16)25-18-17-9-14-26-19(17)22(18)12-6-13-22;/h2-4,7-8,17-19H,5-6,9-15H2,1H3,(H2,23,24,25);1H. The maximum atomic E-state index is 6.05. The molecule has 5 heteroatoms. The summed E-state index contributed by atoms with van der Waals surface area (Å²) in [6, 6.07) is 11.6. The van der Waals surface area contributed by atoms with E-state index in [-0.39, 0.29) is 29.4 Å². The molecule has 1 heterocycles. The van der Waals surface area contributed by atoms with E-state index < -0.39 is 0 Å². The summed E-state index contributed by atoms with van der Waals surface area (Å²) < 4.78 is 6.05. The quantitative estimate of drug-likeness (QED) is 0.390. The van der Waals surface area contributed by atoms with Crippen LogP contribution in [0.25, 0.3) is 0 Å². The average Bonchev–Trinajstić information content (AvgIpc) is 3.01. The Bertz CT molecular complexity index is 684. The molecule has 3 saturated carbocycles. The minimum absolute atomic E-state index is 0. The van der Waals surface area contributed by atoms with Gasteiger partial charge in [0.1, 0.15) is 0 Å². The second kappa shape index (κ2) is 7.54. The normalized spacial score (nSPS) is 32.3. The van der Waals surface area contributed by atoms with Crippen molar-refractivity contribution < 1.29 is 4.74 Å². The highest BCUT2D eigenvalue weighted by molar-refractivity contribution is 14.0. The zero-order valence-corrected chi connectivity index (χ0v) is 18.6. The Morgan fingerprint density at radius 1 is 1.15 bits per heavy atom. The van der Waals surface area contributed by atoms with Crippen LogP contribution in [0.1, 0.15) is 50.5 Å². The van der Waals surface area contributed by atoms with E-state index in [0.717, 1.165) is 19.1 Å². The van der Waals surface area contributed by atoms with Gasteiger partial charge in [-0.3, -0.25) is 4.99 Å². The van der Waals surface area contributed by atoms with Crippen LogP contribution < -0.4 is 10.6 Å². The van der Waals surface area contributed by atoms with E-state index in [0.29, 0.717) is 23.5 Å². The van der Waals surface area contributed by atoms with Crippen LogP contribution in [-0.4, -0.2) is 38.3 Å². The summed E-state index contributed by atoms with van der Waals surface area (Å²) in [6.45, 7) is 1.92. The molecule has 0 amide bonds. The third-order valence-corrected chi connectivity index (χ3v) is 7.84. The van der Waals surface area contributed by atoms with Gasteiger partial charge in [0.05, 0.1) is 6.10 Å². The molecule has 4 aliphatic rings. The molecule has 1 aliphatic heterocycles. The Morgan fingerprint density at radius 2 is 1.89 bits per heavy atom. The Labute approximate surface area is 179 Å². The summed E-state index contributed by atoms with van der Waals surface area (Å²) in [5.74, 6) is 1.66. The van der Waals surface area contributed by atoms with E-state index in [1.807, 2.05) is 7.05 Å². The molecule has 27 heavy (non-hydrogen) atoms. The number of hydrogen-bond acceptors (Lipinski definition) is 2. The molecule has 3 aliphatic carbocycles. The van der Waals surface area contributed by atoms with Gasteiger partial charge < -0.3 is 15.4 Å².